The van der Waals surface area contributed by atoms with E-state index in [-0.39, 0.29) is 18.5 Å². The van der Waals surface area contributed by atoms with Crippen LogP contribution in [-0.4, -0.2) is 6.61 Å². The molecule has 94 valence electrons. The van der Waals surface area contributed by atoms with Crippen molar-refractivity contribution in [2.24, 2.45) is 5.73 Å². The summed E-state index contributed by atoms with van der Waals surface area (Å²) in [5.41, 5.74) is 6.63. The normalized spacial score (nSPS) is 12.2. The molecule has 0 aliphatic carbocycles. The summed E-state index contributed by atoms with van der Waals surface area (Å²) in [5, 5.41) is 0.604. The van der Waals surface area contributed by atoms with E-state index >= 15 is 0 Å². The Morgan fingerprint density at radius 1 is 1.17 bits per heavy atom. The van der Waals surface area contributed by atoms with Crippen LogP contribution in [0.15, 0.2) is 48.5 Å². The lowest BCUT2D eigenvalue weighted by Crippen LogP contribution is -2.19. The fourth-order valence-electron chi connectivity index (χ4n) is 1.58. The van der Waals surface area contributed by atoms with Crippen LogP contribution in [0, 0.1) is 5.82 Å². The highest BCUT2D eigenvalue weighted by atomic mass is 35.5. The average Bonchev–Trinajstić information content (AvgIpc) is 2.36. The van der Waals surface area contributed by atoms with Gasteiger partial charge in [0.1, 0.15) is 18.2 Å². The largest absolute Gasteiger partial charge is 0.492 e. The van der Waals surface area contributed by atoms with Gasteiger partial charge in [0.05, 0.1) is 6.04 Å². The molecule has 2 aromatic rings. The second kappa shape index (κ2) is 5.85. The number of ether oxygens (including phenoxy) is 1. The fraction of sp³-hybridized carbons (Fsp3) is 0.143. The van der Waals surface area contributed by atoms with E-state index in [2.05, 4.69) is 0 Å². The van der Waals surface area contributed by atoms with Crippen molar-refractivity contribution in [3.05, 3.63) is 64.9 Å². The minimum absolute atomic E-state index is 0.268. The third-order valence-corrected chi connectivity index (χ3v) is 2.74. The first-order valence-electron chi connectivity index (χ1n) is 5.54. The molecule has 0 spiro atoms. The highest BCUT2D eigenvalue weighted by Crippen LogP contribution is 2.19. The molecule has 0 saturated carbocycles. The van der Waals surface area contributed by atoms with E-state index < -0.39 is 0 Å². The Kier molecular flexibility index (Phi) is 4.18. The molecule has 0 saturated heterocycles. The summed E-state index contributed by atoms with van der Waals surface area (Å²) in [6.07, 6.45) is 0. The maximum atomic E-state index is 13.0. The monoisotopic (exact) mass is 265 g/mol. The summed E-state index contributed by atoms with van der Waals surface area (Å²) in [6, 6.07) is 12.9. The molecule has 0 fully saturated rings. The van der Waals surface area contributed by atoms with E-state index in [0.717, 1.165) is 0 Å². The summed E-state index contributed by atoms with van der Waals surface area (Å²) >= 11 is 5.84. The van der Waals surface area contributed by atoms with Crippen LogP contribution in [0.4, 0.5) is 4.39 Å². The van der Waals surface area contributed by atoms with Crippen LogP contribution in [-0.2, 0) is 0 Å². The summed E-state index contributed by atoms with van der Waals surface area (Å²) in [6.45, 7) is 0.268. The van der Waals surface area contributed by atoms with Crippen LogP contribution >= 0.6 is 11.6 Å². The molecule has 2 nitrogen and oxygen atoms in total. The first kappa shape index (κ1) is 12.9. The van der Waals surface area contributed by atoms with Gasteiger partial charge in [-0.3, -0.25) is 0 Å². The van der Waals surface area contributed by atoms with E-state index in [4.69, 9.17) is 22.1 Å². The number of halogens is 2. The predicted molar refractivity (Wildman–Crippen MR) is 70.3 cm³/mol. The van der Waals surface area contributed by atoms with E-state index in [1.165, 1.54) is 12.1 Å². The zero-order valence-electron chi connectivity index (χ0n) is 9.64. The van der Waals surface area contributed by atoms with Crippen molar-refractivity contribution in [3.63, 3.8) is 0 Å². The van der Waals surface area contributed by atoms with Gasteiger partial charge in [-0.2, -0.15) is 0 Å². The Bertz CT molecular complexity index is 533. The highest BCUT2D eigenvalue weighted by Gasteiger charge is 2.07. The van der Waals surface area contributed by atoms with Crippen molar-refractivity contribution in [3.8, 4) is 5.75 Å². The van der Waals surface area contributed by atoms with Crippen molar-refractivity contribution in [2.45, 2.75) is 6.04 Å². The molecule has 2 aromatic carbocycles. The Morgan fingerprint density at radius 2 is 1.94 bits per heavy atom. The van der Waals surface area contributed by atoms with Gasteiger partial charge in [0.15, 0.2) is 0 Å². The molecule has 2 N–H and O–H groups in total. The molecule has 1 atom stereocenters. The van der Waals surface area contributed by atoms with Gasteiger partial charge in [0.25, 0.3) is 0 Å². The quantitative estimate of drug-likeness (QED) is 0.917. The van der Waals surface area contributed by atoms with Crippen LogP contribution in [0.25, 0.3) is 0 Å². The van der Waals surface area contributed by atoms with E-state index in [1.807, 2.05) is 0 Å². The highest BCUT2D eigenvalue weighted by molar-refractivity contribution is 6.30. The molecule has 0 bridgehead atoms. The Morgan fingerprint density at radius 3 is 2.67 bits per heavy atom. The van der Waals surface area contributed by atoms with Gasteiger partial charge in [-0.25, -0.2) is 4.39 Å². The average molecular weight is 266 g/mol. The molecule has 18 heavy (non-hydrogen) atoms. The second-order valence-corrected chi connectivity index (χ2v) is 4.37. The van der Waals surface area contributed by atoms with E-state index in [1.54, 1.807) is 36.4 Å². The first-order valence-corrected chi connectivity index (χ1v) is 5.92. The third-order valence-electron chi connectivity index (χ3n) is 2.50. The second-order valence-electron chi connectivity index (χ2n) is 3.93. The molecule has 1 unspecified atom stereocenters. The van der Waals surface area contributed by atoms with Gasteiger partial charge in [-0.1, -0.05) is 29.8 Å². The molecule has 0 radical (unpaired) electrons. The topological polar surface area (TPSA) is 35.2 Å². The molecule has 0 heterocycles. The molecule has 0 aromatic heterocycles. The van der Waals surface area contributed by atoms with Crippen LogP contribution in [0.1, 0.15) is 11.6 Å². The lowest BCUT2D eigenvalue weighted by atomic mass is 10.1. The van der Waals surface area contributed by atoms with Crippen molar-refractivity contribution in [2.75, 3.05) is 6.61 Å². The zero-order chi connectivity index (χ0) is 13.0. The van der Waals surface area contributed by atoms with Crippen LogP contribution in [0.5, 0.6) is 5.75 Å². The number of hydrogen-bond acceptors (Lipinski definition) is 2. The number of hydrogen-bond donors (Lipinski definition) is 1. The van der Waals surface area contributed by atoms with Gasteiger partial charge in [0, 0.05) is 5.02 Å². The van der Waals surface area contributed by atoms with Crippen LogP contribution < -0.4 is 10.5 Å². The molecule has 2 rings (SSSR count). The van der Waals surface area contributed by atoms with Crippen molar-refractivity contribution in [1.29, 1.82) is 0 Å². The van der Waals surface area contributed by atoms with Crippen LogP contribution in [0.3, 0.4) is 0 Å². The molecule has 0 aliphatic rings. The minimum Gasteiger partial charge on any atom is -0.492 e. The van der Waals surface area contributed by atoms with Gasteiger partial charge in [0.2, 0.25) is 0 Å². The lowest BCUT2D eigenvalue weighted by Gasteiger charge is -2.13. The van der Waals surface area contributed by atoms with E-state index in [9.17, 15) is 4.39 Å². The summed E-state index contributed by atoms with van der Waals surface area (Å²) in [7, 11) is 0. The Labute approximate surface area is 110 Å². The summed E-state index contributed by atoms with van der Waals surface area (Å²) in [5.74, 6) is 0.347. The van der Waals surface area contributed by atoms with Gasteiger partial charge in [-0.05, 0) is 35.9 Å². The minimum atomic E-state index is -0.375. The molecule has 0 aliphatic heterocycles. The lowest BCUT2D eigenvalue weighted by molar-refractivity contribution is 0.290. The first-order chi connectivity index (χ1) is 8.65. The van der Waals surface area contributed by atoms with Gasteiger partial charge >= 0.3 is 0 Å². The maximum absolute atomic E-state index is 13.0. The third kappa shape index (κ3) is 3.45. The zero-order valence-corrected chi connectivity index (χ0v) is 10.4. The molecular weight excluding hydrogens is 253 g/mol. The van der Waals surface area contributed by atoms with Crippen molar-refractivity contribution in [1.82, 2.24) is 0 Å². The SMILES string of the molecule is NC(COc1cccc(Cl)c1)c1cccc(F)c1. The van der Waals surface area contributed by atoms with Crippen molar-refractivity contribution >= 4 is 11.6 Å². The van der Waals surface area contributed by atoms with Crippen LogP contribution in [0.2, 0.25) is 5.02 Å². The van der Waals surface area contributed by atoms with E-state index in [0.29, 0.717) is 16.3 Å². The molecule has 4 heteroatoms. The maximum Gasteiger partial charge on any atom is 0.123 e. The summed E-state index contributed by atoms with van der Waals surface area (Å²) < 4.78 is 18.5. The van der Waals surface area contributed by atoms with Gasteiger partial charge < -0.3 is 10.5 Å². The van der Waals surface area contributed by atoms with Gasteiger partial charge in [-0.15, -0.1) is 0 Å². The molecular formula is C14H13ClFNO. The summed E-state index contributed by atoms with van der Waals surface area (Å²) in [4.78, 5) is 0. The standard InChI is InChI=1S/C14H13ClFNO/c15-11-4-2-6-13(8-11)18-9-14(17)10-3-1-5-12(16)7-10/h1-8,14H,9,17H2. The number of benzene rings is 2. The Balaban J connectivity index is 1.98. The van der Waals surface area contributed by atoms with Crippen molar-refractivity contribution < 1.29 is 9.13 Å². The predicted octanol–water partition coefficient (Wildman–Crippen LogP) is 3.56. The number of nitrogens with two attached hydrogens (primary N) is 1. The fourth-order valence-corrected chi connectivity index (χ4v) is 1.76. The molecule has 0 amide bonds. The smallest absolute Gasteiger partial charge is 0.123 e. The Hall–Kier alpha value is -1.58. The number of rotatable bonds is 4.